The Hall–Kier alpha value is -1.39. The van der Waals surface area contributed by atoms with Crippen molar-refractivity contribution in [2.24, 2.45) is 5.92 Å². The second kappa shape index (κ2) is 8.74. The van der Waals surface area contributed by atoms with E-state index in [-0.39, 0.29) is 12.0 Å². The van der Waals surface area contributed by atoms with Gasteiger partial charge in [0.2, 0.25) is 0 Å². The molecular weight excluding hydrogens is 336 g/mol. The Kier molecular flexibility index (Phi) is 6.14. The molecule has 1 aromatic carbocycles. The van der Waals surface area contributed by atoms with Crippen LogP contribution in [0.5, 0.6) is 0 Å². The normalized spacial score (nSPS) is 24.3. The molecule has 0 radical (unpaired) electrons. The number of aliphatic hydroxyl groups excluding tert-OH is 1. The van der Waals surface area contributed by atoms with Crippen molar-refractivity contribution in [1.82, 2.24) is 9.80 Å². The fourth-order valence-electron chi connectivity index (χ4n) is 4.99. The molecule has 1 saturated heterocycles. The quantitative estimate of drug-likeness (QED) is 0.871. The van der Waals surface area contributed by atoms with Crippen LogP contribution in [0.15, 0.2) is 24.3 Å². The van der Waals surface area contributed by atoms with Gasteiger partial charge in [-0.1, -0.05) is 37.8 Å². The first kappa shape index (κ1) is 18.9. The summed E-state index contributed by atoms with van der Waals surface area (Å²) >= 11 is 0. The van der Waals surface area contributed by atoms with E-state index in [2.05, 4.69) is 4.90 Å². The molecule has 148 valence electrons. The van der Waals surface area contributed by atoms with Gasteiger partial charge in [0.25, 0.3) is 5.91 Å². The summed E-state index contributed by atoms with van der Waals surface area (Å²) in [6.45, 7) is 3.83. The van der Waals surface area contributed by atoms with E-state index in [1.165, 1.54) is 38.5 Å². The number of rotatable bonds is 4. The second-order valence-electron chi connectivity index (χ2n) is 8.73. The number of benzene rings is 1. The van der Waals surface area contributed by atoms with Crippen LogP contribution in [0.3, 0.4) is 0 Å². The molecular formula is C23H34N2O2. The first-order valence-corrected chi connectivity index (χ1v) is 11.0. The van der Waals surface area contributed by atoms with Crippen molar-refractivity contribution in [1.29, 1.82) is 0 Å². The number of carbonyl (C=O) groups is 1. The van der Waals surface area contributed by atoms with E-state index in [4.69, 9.17) is 0 Å². The minimum absolute atomic E-state index is 0.143. The highest BCUT2D eigenvalue weighted by Crippen LogP contribution is 2.34. The lowest BCUT2D eigenvalue weighted by Crippen LogP contribution is -2.42. The summed E-state index contributed by atoms with van der Waals surface area (Å²) < 4.78 is 0. The van der Waals surface area contributed by atoms with Gasteiger partial charge in [-0.3, -0.25) is 9.69 Å². The number of hydrogen-bond acceptors (Lipinski definition) is 3. The summed E-state index contributed by atoms with van der Waals surface area (Å²) in [5, 5.41) is 10.7. The molecule has 4 rings (SSSR count). The Morgan fingerprint density at radius 3 is 2.26 bits per heavy atom. The third kappa shape index (κ3) is 4.38. The molecule has 1 aromatic rings. The van der Waals surface area contributed by atoms with Crippen LogP contribution in [-0.2, 0) is 0 Å². The molecule has 27 heavy (non-hydrogen) atoms. The average Bonchev–Trinajstić information content (AvgIpc) is 2.92. The molecule has 1 N–H and O–H groups in total. The van der Waals surface area contributed by atoms with Crippen molar-refractivity contribution >= 4 is 5.91 Å². The van der Waals surface area contributed by atoms with Gasteiger partial charge in [0, 0.05) is 37.8 Å². The third-order valence-corrected chi connectivity index (χ3v) is 7.00. The standard InChI is InChI=1S/C23H34N2O2/c26-22(18-6-2-1-3-7-18)19-10-12-20(13-11-19)23(27)25-15-5-14-24(16-17-25)21-8-4-9-21/h10-13,18,21-22,26H,1-9,14-17H2. The van der Waals surface area contributed by atoms with E-state index in [0.29, 0.717) is 5.92 Å². The molecule has 0 bridgehead atoms. The summed E-state index contributed by atoms with van der Waals surface area (Å²) in [4.78, 5) is 17.5. The van der Waals surface area contributed by atoms with Gasteiger partial charge in [-0.05, 0) is 55.7 Å². The predicted octanol–water partition coefficient (Wildman–Crippen LogP) is 4.00. The van der Waals surface area contributed by atoms with Crippen molar-refractivity contribution in [3.05, 3.63) is 35.4 Å². The molecule has 1 amide bonds. The topological polar surface area (TPSA) is 43.8 Å². The lowest BCUT2D eigenvalue weighted by molar-refractivity contribution is 0.0747. The Morgan fingerprint density at radius 2 is 1.59 bits per heavy atom. The first-order chi connectivity index (χ1) is 13.2. The Morgan fingerprint density at radius 1 is 0.852 bits per heavy atom. The van der Waals surface area contributed by atoms with Gasteiger partial charge in [-0.2, -0.15) is 0 Å². The predicted molar refractivity (Wildman–Crippen MR) is 108 cm³/mol. The van der Waals surface area contributed by atoms with Crippen LogP contribution >= 0.6 is 0 Å². The van der Waals surface area contributed by atoms with Crippen molar-refractivity contribution < 1.29 is 9.90 Å². The van der Waals surface area contributed by atoms with Crippen molar-refractivity contribution in [2.75, 3.05) is 26.2 Å². The summed E-state index contributed by atoms with van der Waals surface area (Å²) in [6.07, 6.45) is 10.7. The summed E-state index contributed by atoms with van der Waals surface area (Å²) in [6, 6.07) is 8.52. The van der Waals surface area contributed by atoms with E-state index in [1.807, 2.05) is 29.2 Å². The monoisotopic (exact) mass is 370 g/mol. The summed E-state index contributed by atoms with van der Waals surface area (Å²) in [7, 11) is 0. The van der Waals surface area contributed by atoms with Gasteiger partial charge < -0.3 is 10.0 Å². The zero-order valence-corrected chi connectivity index (χ0v) is 16.5. The van der Waals surface area contributed by atoms with Crippen molar-refractivity contribution in [3.8, 4) is 0 Å². The van der Waals surface area contributed by atoms with Crippen LogP contribution in [0.25, 0.3) is 0 Å². The van der Waals surface area contributed by atoms with Gasteiger partial charge >= 0.3 is 0 Å². The molecule has 1 aliphatic heterocycles. The lowest BCUT2D eigenvalue weighted by Gasteiger charge is -2.36. The molecule has 4 heteroatoms. The van der Waals surface area contributed by atoms with E-state index in [0.717, 1.165) is 62.6 Å². The van der Waals surface area contributed by atoms with Gasteiger partial charge in [0.15, 0.2) is 0 Å². The Labute approximate surface area is 163 Å². The Bertz CT molecular complexity index is 620. The molecule has 1 atom stereocenters. The smallest absolute Gasteiger partial charge is 0.253 e. The van der Waals surface area contributed by atoms with Gasteiger partial charge in [0.1, 0.15) is 0 Å². The molecule has 4 nitrogen and oxygen atoms in total. The average molecular weight is 371 g/mol. The zero-order valence-electron chi connectivity index (χ0n) is 16.5. The van der Waals surface area contributed by atoms with E-state index in [9.17, 15) is 9.90 Å². The Balaban J connectivity index is 1.35. The first-order valence-electron chi connectivity index (χ1n) is 11.0. The molecule has 1 unspecified atom stereocenters. The highest BCUT2D eigenvalue weighted by Gasteiger charge is 2.28. The molecule has 2 aliphatic carbocycles. The third-order valence-electron chi connectivity index (χ3n) is 7.00. The van der Waals surface area contributed by atoms with Gasteiger partial charge in [-0.25, -0.2) is 0 Å². The van der Waals surface area contributed by atoms with E-state index < -0.39 is 0 Å². The van der Waals surface area contributed by atoms with E-state index >= 15 is 0 Å². The highest BCUT2D eigenvalue weighted by molar-refractivity contribution is 5.94. The summed E-state index contributed by atoms with van der Waals surface area (Å²) in [5.41, 5.74) is 1.72. The number of carbonyl (C=O) groups excluding carboxylic acids is 1. The van der Waals surface area contributed by atoms with E-state index in [1.54, 1.807) is 0 Å². The zero-order chi connectivity index (χ0) is 18.6. The SMILES string of the molecule is O=C(c1ccc(C(O)C2CCCCC2)cc1)N1CCCN(C2CCC2)CC1. The maximum absolute atomic E-state index is 12.9. The maximum atomic E-state index is 12.9. The molecule has 1 heterocycles. The van der Waals surface area contributed by atoms with Crippen LogP contribution < -0.4 is 0 Å². The maximum Gasteiger partial charge on any atom is 0.253 e. The van der Waals surface area contributed by atoms with Crippen molar-refractivity contribution in [2.45, 2.75) is 69.9 Å². The molecule has 0 aromatic heterocycles. The number of nitrogens with zero attached hydrogens (tertiary/aromatic N) is 2. The van der Waals surface area contributed by atoms with Crippen LogP contribution in [0.2, 0.25) is 0 Å². The number of hydrogen-bond donors (Lipinski definition) is 1. The fraction of sp³-hybridized carbons (Fsp3) is 0.696. The molecule has 3 fully saturated rings. The minimum atomic E-state index is -0.385. The minimum Gasteiger partial charge on any atom is -0.388 e. The second-order valence-corrected chi connectivity index (χ2v) is 8.73. The lowest BCUT2D eigenvalue weighted by atomic mass is 9.82. The van der Waals surface area contributed by atoms with Crippen LogP contribution in [0.4, 0.5) is 0 Å². The highest BCUT2D eigenvalue weighted by atomic mass is 16.3. The van der Waals surface area contributed by atoms with Gasteiger partial charge in [0.05, 0.1) is 6.10 Å². The molecule has 2 saturated carbocycles. The van der Waals surface area contributed by atoms with Gasteiger partial charge in [-0.15, -0.1) is 0 Å². The van der Waals surface area contributed by atoms with Crippen LogP contribution in [-0.4, -0.2) is 53.0 Å². The number of aliphatic hydroxyl groups is 1. The van der Waals surface area contributed by atoms with Crippen LogP contribution in [0.1, 0.15) is 79.8 Å². The fourth-order valence-corrected chi connectivity index (χ4v) is 4.99. The largest absolute Gasteiger partial charge is 0.388 e. The van der Waals surface area contributed by atoms with Crippen molar-refractivity contribution in [3.63, 3.8) is 0 Å². The van der Waals surface area contributed by atoms with Crippen LogP contribution in [0, 0.1) is 5.92 Å². The molecule has 3 aliphatic rings. The molecule has 0 spiro atoms. The summed E-state index contributed by atoms with van der Waals surface area (Å²) in [5.74, 6) is 0.521. The number of amides is 1.